The number of nitrogens with one attached hydrogen (secondary N) is 2. The Kier molecular flexibility index (Phi) is 9.66. The topological polar surface area (TPSA) is 87.7 Å². The summed E-state index contributed by atoms with van der Waals surface area (Å²) < 4.78 is 5.25. The van der Waals surface area contributed by atoms with E-state index in [1.807, 2.05) is 69.3 Å². The molecule has 7 nitrogen and oxygen atoms in total. The third-order valence-corrected chi connectivity index (χ3v) is 5.25. The highest BCUT2D eigenvalue weighted by Gasteiger charge is 2.33. The lowest BCUT2D eigenvalue weighted by Crippen LogP contribution is -2.48. The maximum atomic E-state index is 13.6. The van der Waals surface area contributed by atoms with Crippen molar-refractivity contribution in [1.82, 2.24) is 15.5 Å². The molecule has 2 aromatic carbocycles. The van der Waals surface area contributed by atoms with Gasteiger partial charge in [0, 0.05) is 13.1 Å². The fourth-order valence-electron chi connectivity index (χ4n) is 3.77. The monoisotopic (exact) mass is 467 g/mol. The van der Waals surface area contributed by atoms with Crippen LogP contribution in [-0.4, -0.2) is 41.5 Å². The van der Waals surface area contributed by atoms with Crippen molar-refractivity contribution in [2.45, 2.75) is 66.2 Å². The van der Waals surface area contributed by atoms with Gasteiger partial charge in [-0.2, -0.15) is 0 Å². The van der Waals surface area contributed by atoms with Gasteiger partial charge in [-0.3, -0.25) is 9.59 Å². The number of carbonyl (C=O) groups is 3. The molecule has 2 aromatic rings. The maximum absolute atomic E-state index is 13.6. The van der Waals surface area contributed by atoms with Crippen molar-refractivity contribution >= 4 is 17.9 Å². The minimum Gasteiger partial charge on any atom is -0.444 e. The molecule has 2 rings (SSSR count). The number of hydrogen-bond donors (Lipinski definition) is 2. The van der Waals surface area contributed by atoms with Crippen molar-refractivity contribution in [1.29, 1.82) is 0 Å². The van der Waals surface area contributed by atoms with Crippen molar-refractivity contribution in [3.05, 3.63) is 70.8 Å². The van der Waals surface area contributed by atoms with Crippen LogP contribution in [0.4, 0.5) is 4.79 Å². The third kappa shape index (κ3) is 7.90. The highest BCUT2D eigenvalue weighted by molar-refractivity contribution is 5.91. The Bertz CT molecular complexity index is 963. The number of alkyl carbamates (subject to hydrolysis) is 1. The Hall–Kier alpha value is -3.35. The van der Waals surface area contributed by atoms with Crippen LogP contribution in [0.1, 0.15) is 62.4 Å². The fourth-order valence-corrected chi connectivity index (χ4v) is 3.77. The molecule has 2 N–H and O–H groups in total. The van der Waals surface area contributed by atoms with Gasteiger partial charge >= 0.3 is 6.09 Å². The quantitative estimate of drug-likeness (QED) is 0.571. The minimum atomic E-state index is -0.821. The van der Waals surface area contributed by atoms with Crippen molar-refractivity contribution in [2.24, 2.45) is 0 Å². The van der Waals surface area contributed by atoms with Crippen LogP contribution in [0.25, 0.3) is 0 Å². The zero-order valence-electron chi connectivity index (χ0n) is 21.1. The molecule has 3 amide bonds. The second-order valence-electron chi connectivity index (χ2n) is 9.35. The number of hydrogen-bond acceptors (Lipinski definition) is 4. The Morgan fingerprint density at radius 1 is 0.941 bits per heavy atom. The van der Waals surface area contributed by atoms with Crippen molar-refractivity contribution in [3.8, 4) is 0 Å². The van der Waals surface area contributed by atoms with Gasteiger partial charge in [0.1, 0.15) is 18.2 Å². The van der Waals surface area contributed by atoms with Gasteiger partial charge in [0.2, 0.25) is 11.8 Å². The predicted octanol–water partition coefficient (Wildman–Crippen LogP) is 4.42. The first-order valence-electron chi connectivity index (χ1n) is 11.7. The lowest BCUT2D eigenvalue weighted by atomic mass is 9.94. The van der Waals surface area contributed by atoms with Crippen molar-refractivity contribution in [3.63, 3.8) is 0 Å². The molecule has 0 saturated carbocycles. The number of nitrogens with zero attached hydrogens (tertiary/aromatic N) is 1. The van der Waals surface area contributed by atoms with Crippen molar-refractivity contribution < 1.29 is 19.1 Å². The molecule has 0 fully saturated rings. The molecule has 0 saturated heterocycles. The van der Waals surface area contributed by atoms with E-state index in [0.29, 0.717) is 19.5 Å². The lowest BCUT2D eigenvalue weighted by molar-refractivity contribution is -0.140. The Morgan fingerprint density at radius 3 is 2.12 bits per heavy atom. The Balaban J connectivity index is 2.32. The molecule has 34 heavy (non-hydrogen) atoms. The van der Waals surface area contributed by atoms with E-state index < -0.39 is 17.7 Å². The number of aryl methyl sites for hydroxylation is 2. The average molecular weight is 468 g/mol. The van der Waals surface area contributed by atoms with Gasteiger partial charge in [0.05, 0.1) is 0 Å². The summed E-state index contributed by atoms with van der Waals surface area (Å²) in [6.07, 6.45) is -0.0135. The van der Waals surface area contributed by atoms with Gasteiger partial charge in [0.25, 0.3) is 0 Å². The van der Waals surface area contributed by atoms with Crippen LogP contribution in [0.3, 0.4) is 0 Å². The normalized spacial score (nSPS) is 11.9. The molecule has 0 heterocycles. The molecule has 0 aliphatic carbocycles. The van der Waals surface area contributed by atoms with Crippen LogP contribution in [-0.2, 0) is 20.9 Å². The standard InChI is InChI=1S/C27H37N3O4/c1-7-16-30(22(31)18-29-26(33)34-27(4,5)6)24(23-19(2)12-11-13-20(23)3)25(32)28-17-21-14-9-8-10-15-21/h8-15,24H,7,16-18H2,1-6H3,(H,28,32)(H,29,33). The van der Waals surface area contributed by atoms with Gasteiger partial charge in [-0.15, -0.1) is 0 Å². The molecule has 1 unspecified atom stereocenters. The van der Waals surface area contributed by atoms with E-state index in [0.717, 1.165) is 22.3 Å². The second kappa shape index (κ2) is 12.2. The molecule has 184 valence electrons. The first-order valence-corrected chi connectivity index (χ1v) is 11.7. The van der Waals surface area contributed by atoms with Gasteiger partial charge in [0.15, 0.2) is 0 Å². The summed E-state index contributed by atoms with van der Waals surface area (Å²) in [7, 11) is 0. The van der Waals surface area contributed by atoms with E-state index >= 15 is 0 Å². The van der Waals surface area contributed by atoms with E-state index in [1.54, 1.807) is 25.7 Å². The zero-order chi connectivity index (χ0) is 25.3. The number of benzene rings is 2. The summed E-state index contributed by atoms with van der Waals surface area (Å²) in [5, 5.41) is 5.52. The third-order valence-electron chi connectivity index (χ3n) is 5.25. The summed E-state index contributed by atoms with van der Waals surface area (Å²) in [5.74, 6) is -0.615. The summed E-state index contributed by atoms with van der Waals surface area (Å²) in [6.45, 7) is 11.6. The smallest absolute Gasteiger partial charge is 0.408 e. The Morgan fingerprint density at radius 2 is 1.56 bits per heavy atom. The summed E-state index contributed by atoms with van der Waals surface area (Å²) in [5.41, 5.74) is 2.94. The molecule has 1 atom stereocenters. The van der Waals surface area contributed by atoms with E-state index in [2.05, 4.69) is 10.6 Å². The van der Waals surface area contributed by atoms with E-state index in [9.17, 15) is 14.4 Å². The molecular weight excluding hydrogens is 430 g/mol. The summed E-state index contributed by atoms with van der Waals surface area (Å²) >= 11 is 0. The van der Waals surface area contributed by atoms with Crippen molar-refractivity contribution in [2.75, 3.05) is 13.1 Å². The Labute approximate surface area is 202 Å². The first-order chi connectivity index (χ1) is 16.0. The predicted molar refractivity (Wildman–Crippen MR) is 133 cm³/mol. The second-order valence-corrected chi connectivity index (χ2v) is 9.35. The van der Waals surface area contributed by atoms with Gasteiger partial charge in [-0.25, -0.2) is 4.79 Å². The number of rotatable bonds is 9. The van der Waals surface area contributed by atoms with Gasteiger partial charge < -0.3 is 20.3 Å². The molecule has 0 spiro atoms. The minimum absolute atomic E-state index is 0.262. The largest absolute Gasteiger partial charge is 0.444 e. The van der Waals surface area contributed by atoms with Crippen LogP contribution in [0.5, 0.6) is 0 Å². The maximum Gasteiger partial charge on any atom is 0.408 e. The van der Waals surface area contributed by atoms with E-state index in [1.165, 1.54) is 0 Å². The summed E-state index contributed by atoms with van der Waals surface area (Å²) in [4.78, 5) is 40.5. The molecule has 0 bridgehead atoms. The number of carbonyl (C=O) groups excluding carboxylic acids is 3. The summed E-state index contributed by atoms with van der Waals surface area (Å²) in [6, 6.07) is 14.6. The first kappa shape index (κ1) is 26.9. The van der Waals surface area contributed by atoms with Crippen LogP contribution in [0, 0.1) is 13.8 Å². The number of ether oxygens (including phenoxy) is 1. The average Bonchev–Trinajstić information content (AvgIpc) is 2.77. The lowest BCUT2D eigenvalue weighted by Gasteiger charge is -2.33. The van der Waals surface area contributed by atoms with Gasteiger partial charge in [-0.1, -0.05) is 55.5 Å². The molecule has 0 aliphatic heterocycles. The molecular formula is C27H37N3O4. The SMILES string of the molecule is CCCN(C(=O)CNC(=O)OC(C)(C)C)C(C(=O)NCc1ccccc1)c1c(C)cccc1C. The molecule has 0 radical (unpaired) electrons. The van der Waals surface area contributed by atoms with Crippen LogP contribution in [0.15, 0.2) is 48.5 Å². The highest BCUT2D eigenvalue weighted by atomic mass is 16.6. The number of amides is 3. The van der Waals surface area contributed by atoms with Crippen LogP contribution < -0.4 is 10.6 Å². The molecule has 0 aliphatic rings. The van der Waals surface area contributed by atoms with E-state index in [-0.39, 0.29) is 18.4 Å². The van der Waals surface area contributed by atoms with Crippen LogP contribution in [0.2, 0.25) is 0 Å². The fraction of sp³-hybridized carbons (Fsp3) is 0.444. The van der Waals surface area contributed by atoms with E-state index in [4.69, 9.17) is 4.74 Å². The zero-order valence-corrected chi connectivity index (χ0v) is 21.1. The van der Waals surface area contributed by atoms with Gasteiger partial charge in [-0.05, 0) is 63.3 Å². The molecule has 0 aromatic heterocycles. The van der Waals surface area contributed by atoms with Crippen LogP contribution >= 0.6 is 0 Å². The molecule has 7 heteroatoms. The highest BCUT2D eigenvalue weighted by Crippen LogP contribution is 2.28.